The predicted molar refractivity (Wildman–Crippen MR) is 51.2 cm³/mol. The van der Waals surface area contributed by atoms with Crippen LogP contribution in [0.5, 0.6) is 0 Å². The van der Waals surface area contributed by atoms with Crippen LogP contribution < -0.4 is 5.32 Å². The van der Waals surface area contributed by atoms with Gasteiger partial charge in [-0.25, -0.2) is 0 Å². The number of fused-ring (bicyclic) bond motifs is 1. The minimum absolute atomic E-state index is 0. The van der Waals surface area contributed by atoms with Crippen LogP contribution in [0.2, 0.25) is 0 Å². The van der Waals surface area contributed by atoms with Gasteiger partial charge in [-0.3, -0.25) is 14.7 Å². The Hall–Kier alpha value is -0.840. The monoisotopic (exact) mass is 231 g/mol. The summed E-state index contributed by atoms with van der Waals surface area (Å²) in [7, 11) is 0. The highest BCUT2D eigenvalue weighted by molar-refractivity contribution is 8.93. The number of rotatable bonds is 0. The fraction of sp³-hybridized carbons (Fsp3) is 0.429. The molecule has 1 N–H and O–H groups in total. The third kappa shape index (κ3) is 1.50. The molecular formula is C7H10BrN3O. The summed E-state index contributed by atoms with van der Waals surface area (Å²) in [6.07, 6.45) is 4.26. The van der Waals surface area contributed by atoms with Crippen molar-refractivity contribution in [1.82, 2.24) is 10.2 Å². The van der Waals surface area contributed by atoms with Gasteiger partial charge in [0.2, 0.25) is 11.9 Å². The number of nitrogens with zero attached hydrogens (tertiary/aromatic N) is 2. The molecule has 12 heavy (non-hydrogen) atoms. The van der Waals surface area contributed by atoms with Gasteiger partial charge < -0.3 is 5.32 Å². The Bertz CT molecular complexity index is 249. The molecule has 1 amide bonds. The first-order valence-corrected chi connectivity index (χ1v) is 3.64. The number of aliphatic imine (C=N–C) groups is 1. The zero-order valence-corrected chi connectivity index (χ0v) is 8.20. The second-order valence-corrected chi connectivity index (χ2v) is 2.51. The molecule has 4 nitrogen and oxygen atoms in total. The first-order valence-electron chi connectivity index (χ1n) is 3.64. The Morgan fingerprint density at radius 1 is 1.58 bits per heavy atom. The van der Waals surface area contributed by atoms with E-state index in [0.29, 0.717) is 25.5 Å². The number of halogens is 1. The molecule has 2 heterocycles. The van der Waals surface area contributed by atoms with Gasteiger partial charge in [0, 0.05) is 19.2 Å². The van der Waals surface area contributed by atoms with E-state index in [-0.39, 0.29) is 22.9 Å². The Morgan fingerprint density at radius 3 is 3.17 bits per heavy atom. The van der Waals surface area contributed by atoms with Gasteiger partial charge in [0.15, 0.2) is 0 Å². The van der Waals surface area contributed by atoms with E-state index in [2.05, 4.69) is 10.3 Å². The van der Waals surface area contributed by atoms with Crippen molar-refractivity contribution in [2.75, 3.05) is 13.1 Å². The summed E-state index contributed by atoms with van der Waals surface area (Å²) >= 11 is 0. The topological polar surface area (TPSA) is 44.7 Å². The molecule has 0 fully saturated rings. The molecular weight excluding hydrogens is 222 g/mol. The molecule has 0 saturated carbocycles. The Kier molecular flexibility index (Phi) is 2.86. The Balaban J connectivity index is 0.000000720. The lowest BCUT2D eigenvalue weighted by Crippen LogP contribution is -2.48. The van der Waals surface area contributed by atoms with Crippen LogP contribution in [0.15, 0.2) is 17.3 Å². The maximum atomic E-state index is 11.2. The van der Waals surface area contributed by atoms with Crippen molar-refractivity contribution in [2.24, 2.45) is 4.99 Å². The summed E-state index contributed by atoms with van der Waals surface area (Å²) in [6, 6.07) is 0. The van der Waals surface area contributed by atoms with E-state index < -0.39 is 0 Å². The van der Waals surface area contributed by atoms with Crippen LogP contribution in [0.4, 0.5) is 0 Å². The quantitative estimate of drug-likeness (QED) is 0.651. The number of hydrogen-bond acceptors (Lipinski definition) is 3. The van der Waals surface area contributed by atoms with Gasteiger partial charge in [0.1, 0.15) is 0 Å². The molecule has 0 atom stereocenters. The van der Waals surface area contributed by atoms with Crippen LogP contribution in [-0.2, 0) is 4.79 Å². The lowest BCUT2D eigenvalue weighted by molar-refractivity contribution is -0.127. The molecule has 5 heteroatoms. The third-order valence-electron chi connectivity index (χ3n) is 1.76. The van der Waals surface area contributed by atoms with Gasteiger partial charge in [-0.15, -0.1) is 17.0 Å². The van der Waals surface area contributed by atoms with Crippen molar-refractivity contribution < 1.29 is 4.79 Å². The second kappa shape index (κ2) is 3.71. The average molecular weight is 232 g/mol. The first kappa shape index (κ1) is 9.25. The highest BCUT2D eigenvalue weighted by Gasteiger charge is 2.22. The van der Waals surface area contributed by atoms with Gasteiger partial charge in [-0.1, -0.05) is 0 Å². The van der Waals surface area contributed by atoms with Gasteiger partial charge in [-0.05, 0) is 6.08 Å². The summed E-state index contributed by atoms with van der Waals surface area (Å²) in [5.74, 6) is 0.857. The summed E-state index contributed by atoms with van der Waals surface area (Å²) in [5, 5.41) is 2.93. The van der Waals surface area contributed by atoms with Crippen molar-refractivity contribution in [3.05, 3.63) is 12.3 Å². The zero-order valence-electron chi connectivity index (χ0n) is 6.49. The van der Waals surface area contributed by atoms with E-state index in [1.165, 1.54) is 0 Å². The largest absolute Gasteiger partial charge is 0.333 e. The number of nitrogens with one attached hydrogen (secondary N) is 1. The van der Waals surface area contributed by atoms with Crippen molar-refractivity contribution in [2.45, 2.75) is 6.42 Å². The lowest BCUT2D eigenvalue weighted by Gasteiger charge is -2.28. The zero-order chi connectivity index (χ0) is 7.68. The van der Waals surface area contributed by atoms with Crippen LogP contribution in [0.1, 0.15) is 6.42 Å². The fourth-order valence-corrected chi connectivity index (χ4v) is 1.20. The van der Waals surface area contributed by atoms with E-state index in [9.17, 15) is 4.79 Å². The molecule has 0 radical (unpaired) electrons. The van der Waals surface area contributed by atoms with Crippen LogP contribution in [0.25, 0.3) is 0 Å². The average Bonchev–Trinajstić information content (AvgIpc) is 2.06. The number of amides is 1. The van der Waals surface area contributed by atoms with Crippen LogP contribution in [0, 0.1) is 0 Å². The Morgan fingerprint density at radius 2 is 2.42 bits per heavy atom. The lowest BCUT2D eigenvalue weighted by atomic mass is 10.3. The van der Waals surface area contributed by atoms with Crippen LogP contribution in [0.3, 0.4) is 0 Å². The number of guanidine groups is 1. The van der Waals surface area contributed by atoms with Crippen LogP contribution in [-0.4, -0.2) is 29.9 Å². The van der Waals surface area contributed by atoms with Gasteiger partial charge in [0.05, 0.1) is 6.54 Å². The molecule has 0 spiro atoms. The number of hydrogen-bond donors (Lipinski definition) is 1. The molecule has 0 aromatic carbocycles. The van der Waals surface area contributed by atoms with E-state index in [1.54, 1.807) is 4.90 Å². The number of carbonyl (C=O) groups excluding carboxylic acids is 1. The molecule has 0 bridgehead atoms. The van der Waals surface area contributed by atoms with Crippen LogP contribution >= 0.6 is 17.0 Å². The standard InChI is InChI=1S/C7H9N3O.BrH/c11-6-2-4-9-7-8-3-1-5-10(6)7;/h1,3H,2,4-5H2,(H,8,9);1H. The van der Waals surface area contributed by atoms with E-state index in [1.807, 2.05) is 12.3 Å². The van der Waals surface area contributed by atoms with E-state index in [0.717, 1.165) is 0 Å². The summed E-state index contributed by atoms with van der Waals surface area (Å²) in [5.41, 5.74) is 0. The molecule has 66 valence electrons. The van der Waals surface area contributed by atoms with E-state index >= 15 is 0 Å². The normalized spacial score (nSPS) is 20.5. The second-order valence-electron chi connectivity index (χ2n) is 2.51. The van der Waals surface area contributed by atoms with Crippen molar-refractivity contribution in [1.29, 1.82) is 0 Å². The van der Waals surface area contributed by atoms with Gasteiger partial charge in [-0.2, -0.15) is 0 Å². The maximum Gasteiger partial charge on any atom is 0.231 e. The smallest absolute Gasteiger partial charge is 0.231 e. The highest BCUT2D eigenvalue weighted by Crippen LogP contribution is 2.05. The fourth-order valence-electron chi connectivity index (χ4n) is 1.20. The van der Waals surface area contributed by atoms with Crippen molar-refractivity contribution >= 4 is 28.8 Å². The molecule has 2 aliphatic heterocycles. The molecule has 0 saturated heterocycles. The minimum atomic E-state index is 0. The molecule has 2 aliphatic rings. The number of carbonyl (C=O) groups is 1. The van der Waals surface area contributed by atoms with E-state index in [4.69, 9.17) is 0 Å². The van der Waals surface area contributed by atoms with Crippen molar-refractivity contribution in [3.8, 4) is 0 Å². The van der Waals surface area contributed by atoms with Gasteiger partial charge in [0.25, 0.3) is 0 Å². The minimum Gasteiger partial charge on any atom is -0.333 e. The highest BCUT2D eigenvalue weighted by atomic mass is 79.9. The Labute approximate surface area is 81.1 Å². The molecule has 0 aliphatic carbocycles. The summed E-state index contributed by atoms with van der Waals surface area (Å²) < 4.78 is 0. The maximum absolute atomic E-state index is 11.2. The molecule has 2 rings (SSSR count). The molecule has 0 aromatic rings. The first-order chi connectivity index (χ1) is 5.38. The predicted octanol–water partition coefficient (Wildman–Crippen LogP) is 0.270. The SMILES string of the molecule is Br.O=C1CCN=C2NC=CCN12. The summed E-state index contributed by atoms with van der Waals surface area (Å²) in [4.78, 5) is 17.0. The summed E-state index contributed by atoms with van der Waals surface area (Å²) in [6.45, 7) is 1.27. The van der Waals surface area contributed by atoms with Crippen molar-refractivity contribution in [3.63, 3.8) is 0 Å². The molecule has 0 aromatic heterocycles. The molecule has 0 unspecified atom stereocenters. The van der Waals surface area contributed by atoms with Gasteiger partial charge >= 0.3 is 0 Å². The third-order valence-corrected chi connectivity index (χ3v) is 1.76.